The lowest BCUT2D eigenvalue weighted by Crippen LogP contribution is -2.15. The molecule has 0 aliphatic rings. The first-order chi connectivity index (χ1) is 14.6. The summed E-state index contributed by atoms with van der Waals surface area (Å²) in [4.78, 5) is 32.6. The SMILES string of the molecule is O=C(Cc1csc(NC(=O)c2ccccc2F)n1)Nc1cccc(-c2cnco2)c1. The van der Waals surface area contributed by atoms with Crippen molar-refractivity contribution in [2.24, 2.45) is 0 Å². The highest BCUT2D eigenvalue weighted by Gasteiger charge is 2.14. The van der Waals surface area contributed by atoms with Gasteiger partial charge < -0.3 is 9.73 Å². The van der Waals surface area contributed by atoms with Crippen LogP contribution in [0.5, 0.6) is 0 Å². The highest BCUT2D eigenvalue weighted by molar-refractivity contribution is 7.14. The van der Waals surface area contributed by atoms with E-state index >= 15 is 0 Å². The number of hydrogen-bond donors (Lipinski definition) is 2. The minimum absolute atomic E-state index is 0.0264. The van der Waals surface area contributed by atoms with Crippen molar-refractivity contribution in [1.29, 1.82) is 0 Å². The first-order valence-corrected chi connectivity index (χ1v) is 9.75. The molecular formula is C21H15FN4O3S. The molecule has 4 aromatic rings. The first-order valence-electron chi connectivity index (χ1n) is 8.87. The molecule has 2 aromatic carbocycles. The molecule has 7 nitrogen and oxygen atoms in total. The number of benzene rings is 2. The van der Waals surface area contributed by atoms with E-state index in [-0.39, 0.29) is 17.9 Å². The number of carbonyl (C=O) groups excluding carboxylic acids is 2. The molecule has 0 atom stereocenters. The number of nitrogens with zero attached hydrogens (tertiary/aromatic N) is 2. The zero-order valence-electron chi connectivity index (χ0n) is 15.5. The van der Waals surface area contributed by atoms with E-state index in [0.717, 1.165) is 16.9 Å². The Kier molecular flexibility index (Phi) is 5.62. The number of halogens is 1. The van der Waals surface area contributed by atoms with Crippen LogP contribution < -0.4 is 10.6 Å². The minimum Gasteiger partial charge on any atom is -0.444 e. The lowest BCUT2D eigenvalue weighted by atomic mass is 10.1. The average molecular weight is 422 g/mol. The molecule has 0 aliphatic carbocycles. The van der Waals surface area contributed by atoms with E-state index in [4.69, 9.17) is 4.42 Å². The van der Waals surface area contributed by atoms with Gasteiger partial charge in [-0.2, -0.15) is 0 Å². The van der Waals surface area contributed by atoms with Crippen LogP contribution in [0.2, 0.25) is 0 Å². The van der Waals surface area contributed by atoms with Crippen molar-refractivity contribution in [3.8, 4) is 11.3 Å². The van der Waals surface area contributed by atoms with Crippen LogP contribution in [0.25, 0.3) is 11.3 Å². The van der Waals surface area contributed by atoms with Gasteiger partial charge in [0.25, 0.3) is 5.91 Å². The van der Waals surface area contributed by atoms with Gasteiger partial charge in [0.15, 0.2) is 17.3 Å². The maximum absolute atomic E-state index is 13.7. The fraction of sp³-hybridized carbons (Fsp3) is 0.0476. The van der Waals surface area contributed by atoms with E-state index in [1.807, 2.05) is 6.07 Å². The topological polar surface area (TPSA) is 97.1 Å². The monoisotopic (exact) mass is 422 g/mol. The second kappa shape index (κ2) is 8.66. The molecular weight excluding hydrogens is 407 g/mol. The number of amides is 2. The van der Waals surface area contributed by atoms with E-state index in [2.05, 4.69) is 20.6 Å². The van der Waals surface area contributed by atoms with Crippen molar-refractivity contribution in [1.82, 2.24) is 9.97 Å². The number of rotatable bonds is 6. The number of carbonyl (C=O) groups is 2. The smallest absolute Gasteiger partial charge is 0.260 e. The fourth-order valence-electron chi connectivity index (χ4n) is 2.73. The molecule has 0 bridgehead atoms. The highest BCUT2D eigenvalue weighted by atomic mass is 32.1. The van der Waals surface area contributed by atoms with Crippen LogP contribution >= 0.6 is 11.3 Å². The van der Waals surface area contributed by atoms with Crippen molar-refractivity contribution < 1.29 is 18.4 Å². The third kappa shape index (κ3) is 4.58. The number of anilines is 2. The van der Waals surface area contributed by atoms with Gasteiger partial charge in [-0.05, 0) is 24.3 Å². The maximum atomic E-state index is 13.7. The van der Waals surface area contributed by atoms with Gasteiger partial charge in [-0.1, -0.05) is 24.3 Å². The molecule has 30 heavy (non-hydrogen) atoms. The zero-order valence-corrected chi connectivity index (χ0v) is 16.3. The van der Waals surface area contributed by atoms with Gasteiger partial charge in [0, 0.05) is 16.6 Å². The van der Waals surface area contributed by atoms with Crippen molar-refractivity contribution in [2.45, 2.75) is 6.42 Å². The second-order valence-corrected chi connectivity index (χ2v) is 7.11. The van der Waals surface area contributed by atoms with Gasteiger partial charge in [0.05, 0.1) is 23.9 Å². The summed E-state index contributed by atoms with van der Waals surface area (Å²) in [6.45, 7) is 0. The summed E-state index contributed by atoms with van der Waals surface area (Å²) >= 11 is 1.16. The summed E-state index contributed by atoms with van der Waals surface area (Å²) in [5.74, 6) is -0.871. The first kappa shape index (κ1) is 19.5. The molecule has 4 rings (SSSR count). The molecule has 0 radical (unpaired) electrons. The summed E-state index contributed by atoms with van der Waals surface area (Å²) < 4.78 is 19.0. The summed E-state index contributed by atoms with van der Waals surface area (Å²) in [5, 5.41) is 7.31. The van der Waals surface area contributed by atoms with Gasteiger partial charge in [0.1, 0.15) is 5.82 Å². The van der Waals surface area contributed by atoms with Gasteiger partial charge in [-0.15, -0.1) is 11.3 Å². The van der Waals surface area contributed by atoms with Crippen LogP contribution in [0.15, 0.2) is 70.9 Å². The Balaban J connectivity index is 1.37. The maximum Gasteiger partial charge on any atom is 0.260 e. The van der Waals surface area contributed by atoms with Crippen LogP contribution in [-0.2, 0) is 11.2 Å². The van der Waals surface area contributed by atoms with Crippen LogP contribution in [0.4, 0.5) is 15.2 Å². The Morgan fingerprint density at radius 2 is 1.97 bits per heavy atom. The normalized spacial score (nSPS) is 10.6. The molecule has 2 N–H and O–H groups in total. The summed E-state index contributed by atoms with van der Waals surface area (Å²) in [6, 6.07) is 12.9. The van der Waals surface area contributed by atoms with Crippen LogP contribution in [0.3, 0.4) is 0 Å². The van der Waals surface area contributed by atoms with Gasteiger partial charge in [-0.3, -0.25) is 14.9 Å². The molecule has 9 heteroatoms. The van der Waals surface area contributed by atoms with Crippen LogP contribution in [0, 0.1) is 5.82 Å². The molecule has 2 amide bonds. The number of hydrogen-bond acceptors (Lipinski definition) is 6. The third-order valence-corrected chi connectivity index (χ3v) is 4.90. The Morgan fingerprint density at radius 3 is 2.77 bits per heavy atom. The number of oxazole rings is 1. The van der Waals surface area contributed by atoms with Crippen molar-refractivity contribution in [3.05, 3.63) is 83.6 Å². The minimum atomic E-state index is -0.612. The van der Waals surface area contributed by atoms with Crippen LogP contribution in [0.1, 0.15) is 16.1 Å². The standard InChI is InChI=1S/C21H15FN4O3S/c22-17-7-2-1-6-16(17)20(28)26-21-25-15(11-30-21)9-19(27)24-14-5-3-4-13(8-14)18-10-23-12-29-18/h1-8,10-12H,9H2,(H,24,27)(H,25,26,28). The molecule has 0 spiro atoms. The van der Waals surface area contributed by atoms with Gasteiger partial charge in [0.2, 0.25) is 5.91 Å². The van der Waals surface area contributed by atoms with Crippen molar-refractivity contribution in [2.75, 3.05) is 10.6 Å². The Hall–Kier alpha value is -3.85. The number of thiazole rings is 1. The summed E-state index contributed by atoms with van der Waals surface area (Å²) in [6.07, 6.45) is 2.96. The third-order valence-electron chi connectivity index (χ3n) is 4.10. The zero-order chi connectivity index (χ0) is 20.9. The van der Waals surface area contributed by atoms with E-state index in [1.165, 1.54) is 24.6 Å². The fourth-order valence-corrected chi connectivity index (χ4v) is 3.44. The summed E-state index contributed by atoms with van der Waals surface area (Å²) in [5.41, 5.74) is 1.82. The van der Waals surface area contributed by atoms with Crippen LogP contribution in [-0.4, -0.2) is 21.8 Å². The largest absolute Gasteiger partial charge is 0.444 e. The predicted octanol–water partition coefficient (Wildman–Crippen LogP) is 4.37. The second-order valence-electron chi connectivity index (χ2n) is 6.25. The van der Waals surface area contributed by atoms with E-state index < -0.39 is 11.7 Å². The van der Waals surface area contributed by atoms with Gasteiger partial charge >= 0.3 is 0 Å². The summed E-state index contributed by atoms with van der Waals surface area (Å²) in [7, 11) is 0. The predicted molar refractivity (Wildman–Crippen MR) is 111 cm³/mol. The van der Waals surface area contributed by atoms with E-state index in [0.29, 0.717) is 22.3 Å². The molecule has 150 valence electrons. The molecule has 0 aliphatic heterocycles. The molecule has 2 aromatic heterocycles. The number of aromatic nitrogens is 2. The Bertz CT molecular complexity index is 1190. The molecule has 0 unspecified atom stereocenters. The lowest BCUT2D eigenvalue weighted by Gasteiger charge is -2.05. The number of nitrogens with one attached hydrogen (secondary N) is 2. The van der Waals surface area contributed by atoms with E-state index in [9.17, 15) is 14.0 Å². The molecule has 0 saturated heterocycles. The molecule has 2 heterocycles. The Labute approximate surface area is 174 Å². The Morgan fingerprint density at radius 1 is 1.10 bits per heavy atom. The molecule has 0 saturated carbocycles. The lowest BCUT2D eigenvalue weighted by molar-refractivity contribution is -0.115. The van der Waals surface area contributed by atoms with Crippen molar-refractivity contribution in [3.63, 3.8) is 0 Å². The van der Waals surface area contributed by atoms with E-state index in [1.54, 1.807) is 35.8 Å². The highest BCUT2D eigenvalue weighted by Crippen LogP contribution is 2.22. The molecule has 0 fully saturated rings. The quantitative estimate of drug-likeness (QED) is 0.481. The van der Waals surface area contributed by atoms with Gasteiger partial charge in [-0.25, -0.2) is 14.4 Å². The van der Waals surface area contributed by atoms with Crippen molar-refractivity contribution >= 4 is 34.0 Å². The average Bonchev–Trinajstić information content (AvgIpc) is 3.41.